The molecular weight excluding hydrogens is 356 g/mol. The first-order valence-electron chi connectivity index (χ1n) is 8.62. The summed E-state index contributed by atoms with van der Waals surface area (Å²) in [5.41, 5.74) is 2.99. The molecule has 1 saturated carbocycles. The van der Waals surface area contributed by atoms with Crippen molar-refractivity contribution in [1.82, 2.24) is 0 Å². The minimum atomic E-state index is -3.29. The zero-order valence-electron chi connectivity index (χ0n) is 14.3. The third-order valence-electron chi connectivity index (χ3n) is 4.98. The molecule has 1 aliphatic carbocycles. The lowest BCUT2D eigenvalue weighted by atomic mass is 9.89. The molecule has 1 N–H and O–H groups in total. The number of rotatable bonds is 4. The Kier molecular flexibility index (Phi) is 5.52. The molecule has 0 amide bonds. The van der Waals surface area contributed by atoms with Gasteiger partial charge in [-0.25, -0.2) is 8.42 Å². The van der Waals surface area contributed by atoms with Crippen LogP contribution in [0.15, 0.2) is 47.4 Å². The maximum Gasteiger partial charge on any atom is 0.178 e. The summed E-state index contributed by atoms with van der Waals surface area (Å²) >= 11 is 6.06. The number of aryl methyl sites for hydroxylation is 1. The molecule has 0 atom stereocenters. The molecule has 0 aromatic heterocycles. The monoisotopic (exact) mass is 378 g/mol. The summed E-state index contributed by atoms with van der Waals surface area (Å²) in [6, 6.07) is 12.9. The molecule has 5 heteroatoms. The van der Waals surface area contributed by atoms with Gasteiger partial charge in [-0.3, -0.25) is 0 Å². The van der Waals surface area contributed by atoms with Crippen LogP contribution in [0.1, 0.15) is 31.2 Å². The van der Waals surface area contributed by atoms with E-state index in [0.717, 1.165) is 34.6 Å². The van der Waals surface area contributed by atoms with Crippen LogP contribution < -0.4 is 0 Å². The third-order valence-corrected chi connectivity index (χ3v) is 7.30. The van der Waals surface area contributed by atoms with Gasteiger partial charge in [-0.2, -0.15) is 0 Å². The van der Waals surface area contributed by atoms with E-state index in [1.807, 2.05) is 37.3 Å². The van der Waals surface area contributed by atoms with Crippen LogP contribution in [0.5, 0.6) is 0 Å². The zero-order valence-corrected chi connectivity index (χ0v) is 15.9. The number of hydrogen-bond donors (Lipinski definition) is 1. The van der Waals surface area contributed by atoms with Gasteiger partial charge in [0.05, 0.1) is 16.8 Å². The van der Waals surface area contributed by atoms with Gasteiger partial charge >= 0.3 is 0 Å². The Balaban J connectivity index is 1.75. The summed E-state index contributed by atoms with van der Waals surface area (Å²) in [5.74, 6) is 0.311. The second-order valence-corrected chi connectivity index (χ2v) is 9.39. The minimum Gasteiger partial charge on any atom is -0.393 e. The van der Waals surface area contributed by atoms with E-state index in [0.29, 0.717) is 17.7 Å². The van der Waals surface area contributed by atoms with Crippen molar-refractivity contribution in [2.75, 3.05) is 5.75 Å². The van der Waals surface area contributed by atoms with Crippen LogP contribution in [0.4, 0.5) is 0 Å². The van der Waals surface area contributed by atoms with Crippen molar-refractivity contribution >= 4 is 21.4 Å². The summed E-state index contributed by atoms with van der Waals surface area (Å²) in [6.07, 6.45) is 2.70. The first-order chi connectivity index (χ1) is 11.8. The van der Waals surface area contributed by atoms with Gasteiger partial charge in [0, 0.05) is 5.02 Å². The highest BCUT2D eigenvalue weighted by molar-refractivity contribution is 7.91. The van der Waals surface area contributed by atoms with Crippen LogP contribution >= 0.6 is 11.6 Å². The molecule has 2 aromatic carbocycles. The topological polar surface area (TPSA) is 54.4 Å². The summed E-state index contributed by atoms with van der Waals surface area (Å²) < 4.78 is 25.3. The van der Waals surface area contributed by atoms with Gasteiger partial charge in [0.15, 0.2) is 9.84 Å². The second kappa shape index (κ2) is 7.48. The highest BCUT2D eigenvalue weighted by Gasteiger charge is 2.25. The van der Waals surface area contributed by atoms with E-state index in [-0.39, 0.29) is 17.8 Å². The summed E-state index contributed by atoms with van der Waals surface area (Å²) in [6.45, 7) is 1.95. The molecule has 0 bridgehead atoms. The summed E-state index contributed by atoms with van der Waals surface area (Å²) in [4.78, 5) is 0.369. The maximum absolute atomic E-state index is 12.6. The van der Waals surface area contributed by atoms with Crippen LogP contribution in [0.25, 0.3) is 11.1 Å². The molecular formula is C20H23ClO3S. The molecule has 1 aliphatic rings. The van der Waals surface area contributed by atoms with Gasteiger partial charge in [0.2, 0.25) is 0 Å². The predicted molar refractivity (Wildman–Crippen MR) is 102 cm³/mol. The van der Waals surface area contributed by atoms with Crippen molar-refractivity contribution in [2.24, 2.45) is 5.92 Å². The molecule has 0 heterocycles. The third kappa shape index (κ3) is 4.43. The molecule has 3 nitrogen and oxygen atoms in total. The molecule has 0 aliphatic heterocycles. The Morgan fingerprint density at radius 3 is 2.20 bits per heavy atom. The number of benzene rings is 2. The van der Waals surface area contributed by atoms with Crippen LogP contribution in [-0.2, 0) is 9.84 Å². The van der Waals surface area contributed by atoms with Gasteiger partial charge in [-0.05, 0) is 79.5 Å². The van der Waals surface area contributed by atoms with E-state index < -0.39 is 9.84 Å². The van der Waals surface area contributed by atoms with Crippen molar-refractivity contribution in [3.05, 3.63) is 53.1 Å². The van der Waals surface area contributed by atoms with Gasteiger partial charge in [0.25, 0.3) is 0 Å². The number of hydrogen-bond acceptors (Lipinski definition) is 3. The minimum absolute atomic E-state index is 0.145. The van der Waals surface area contributed by atoms with E-state index >= 15 is 0 Å². The van der Waals surface area contributed by atoms with E-state index in [9.17, 15) is 13.5 Å². The lowest BCUT2D eigenvalue weighted by Crippen LogP contribution is -2.24. The van der Waals surface area contributed by atoms with Crippen molar-refractivity contribution in [3.63, 3.8) is 0 Å². The Bertz CT molecular complexity index is 836. The largest absolute Gasteiger partial charge is 0.393 e. The standard InChI is InChI=1S/C20H23ClO3S/c1-14-12-17(6-11-20(14)21)16-4-9-19(10-5-16)25(23,24)13-15-2-7-18(22)8-3-15/h4-6,9-12,15,18,22H,2-3,7-8,13H2,1H3. The van der Waals surface area contributed by atoms with Crippen LogP contribution in [0.3, 0.4) is 0 Å². The van der Waals surface area contributed by atoms with Crippen molar-refractivity contribution in [2.45, 2.75) is 43.6 Å². The molecule has 0 radical (unpaired) electrons. The second-order valence-electron chi connectivity index (χ2n) is 6.94. The normalized spacial score (nSPS) is 21.2. The predicted octanol–water partition coefficient (Wildman–Crippen LogP) is 4.64. The number of aliphatic hydroxyl groups excluding tert-OH is 1. The SMILES string of the molecule is Cc1cc(-c2ccc(S(=O)(=O)CC3CCC(O)CC3)cc2)ccc1Cl. The fourth-order valence-corrected chi connectivity index (χ4v) is 5.21. The zero-order chi connectivity index (χ0) is 18.0. The van der Waals surface area contributed by atoms with Gasteiger partial charge in [-0.15, -0.1) is 0 Å². The first-order valence-corrected chi connectivity index (χ1v) is 10.7. The summed E-state index contributed by atoms with van der Waals surface area (Å²) in [7, 11) is -3.29. The van der Waals surface area contributed by atoms with Gasteiger partial charge in [0.1, 0.15) is 0 Å². The van der Waals surface area contributed by atoms with Crippen molar-refractivity contribution in [1.29, 1.82) is 0 Å². The molecule has 2 aromatic rings. The molecule has 25 heavy (non-hydrogen) atoms. The molecule has 0 unspecified atom stereocenters. The van der Waals surface area contributed by atoms with E-state index in [2.05, 4.69) is 0 Å². The first kappa shape index (κ1) is 18.4. The van der Waals surface area contributed by atoms with Crippen molar-refractivity contribution in [3.8, 4) is 11.1 Å². The van der Waals surface area contributed by atoms with Crippen LogP contribution in [0, 0.1) is 12.8 Å². The Morgan fingerprint density at radius 2 is 1.60 bits per heavy atom. The average molecular weight is 379 g/mol. The van der Waals surface area contributed by atoms with E-state index in [4.69, 9.17) is 11.6 Å². The fraction of sp³-hybridized carbons (Fsp3) is 0.400. The van der Waals surface area contributed by atoms with Gasteiger partial charge in [-0.1, -0.05) is 29.8 Å². The maximum atomic E-state index is 12.6. The fourth-order valence-electron chi connectivity index (χ4n) is 3.40. The van der Waals surface area contributed by atoms with Gasteiger partial charge < -0.3 is 5.11 Å². The number of halogens is 1. The lowest BCUT2D eigenvalue weighted by Gasteiger charge is -2.25. The smallest absolute Gasteiger partial charge is 0.178 e. The molecule has 0 saturated heterocycles. The van der Waals surface area contributed by atoms with E-state index in [1.165, 1.54) is 0 Å². The highest BCUT2D eigenvalue weighted by atomic mass is 35.5. The quantitative estimate of drug-likeness (QED) is 0.843. The number of sulfone groups is 1. The molecule has 0 spiro atoms. The molecule has 134 valence electrons. The Labute approximate surface area is 154 Å². The Hall–Kier alpha value is -1.36. The van der Waals surface area contributed by atoms with E-state index in [1.54, 1.807) is 12.1 Å². The molecule has 1 fully saturated rings. The molecule has 3 rings (SSSR count). The Morgan fingerprint density at radius 1 is 1.00 bits per heavy atom. The average Bonchev–Trinajstić information content (AvgIpc) is 2.59. The highest BCUT2D eigenvalue weighted by Crippen LogP contribution is 2.29. The van der Waals surface area contributed by atoms with Crippen molar-refractivity contribution < 1.29 is 13.5 Å². The van der Waals surface area contributed by atoms with Crippen LogP contribution in [0.2, 0.25) is 5.02 Å². The van der Waals surface area contributed by atoms with Crippen LogP contribution in [-0.4, -0.2) is 25.4 Å². The summed E-state index contributed by atoms with van der Waals surface area (Å²) in [5, 5.41) is 10.3. The lowest BCUT2D eigenvalue weighted by molar-refractivity contribution is 0.113. The number of aliphatic hydroxyl groups is 1.